The first-order valence-electron chi connectivity index (χ1n) is 7.84. The third-order valence-corrected chi connectivity index (χ3v) is 4.85. The Bertz CT molecular complexity index is 987. The van der Waals surface area contributed by atoms with Crippen molar-refractivity contribution in [2.45, 2.75) is 12.7 Å². The van der Waals surface area contributed by atoms with Crippen LogP contribution >= 0.6 is 11.6 Å². The van der Waals surface area contributed by atoms with Crippen molar-refractivity contribution in [3.63, 3.8) is 0 Å². The van der Waals surface area contributed by atoms with E-state index in [2.05, 4.69) is 15.6 Å². The van der Waals surface area contributed by atoms with E-state index in [0.29, 0.717) is 27.8 Å². The molecule has 3 aromatic rings. The largest absolute Gasteiger partial charge is 0.320 e. The van der Waals surface area contributed by atoms with E-state index in [1.807, 2.05) is 30.3 Å². The van der Waals surface area contributed by atoms with Gasteiger partial charge < -0.3 is 5.32 Å². The first-order valence-corrected chi connectivity index (χ1v) is 9.94. The molecule has 0 bridgehead atoms. The summed E-state index contributed by atoms with van der Waals surface area (Å²) in [5.74, 6) is -0.0167. The number of hydrogen-bond acceptors (Lipinski definition) is 4. The monoisotopic (exact) mass is 388 g/mol. The summed E-state index contributed by atoms with van der Waals surface area (Å²) in [5.41, 5.74) is 2.85. The maximum Gasteiger partial charge on any atom is 0.278 e. The van der Waals surface area contributed by atoms with Gasteiger partial charge in [-0.05, 0) is 30.7 Å². The first kappa shape index (κ1) is 18.3. The van der Waals surface area contributed by atoms with E-state index in [9.17, 15) is 9.00 Å². The molecule has 0 spiro atoms. The molecule has 26 heavy (non-hydrogen) atoms. The number of halogens is 1. The predicted octanol–water partition coefficient (Wildman–Crippen LogP) is 3.36. The Labute approximate surface area is 158 Å². The highest BCUT2D eigenvalue weighted by atomic mass is 35.5. The summed E-state index contributed by atoms with van der Waals surface area (Å²) >= 11 is 6.20. The van der Waals surface area contributed by atoms with Crippen LogP contribution in [0.4, 0.5) is 5.69 Å². The van der Waals surface area contributed by atoms with Gasteiger partial charge in [-0.2, -0.15) is 0 Å². The van der Waals surface area contributed by atoms with Gasteiger partial charge in [0.05, 0.1) is 22.2 Å². The number of nitrogens with zero attached hydrogens (tertiary/aromatic N) is 3. The van der Waals surface area contributed by atoms with Crippen LogP contribution < -0.4 is 5.32 Å². The van der Waals surface area contributed by atoms with Crippen molar-refractivity contribution in [2.75, 3.05) is 11.6 Å². The molecule has 6 nitrogen and oxygen atoms in total. The quantitative estimate of drug-likeness (QED) is 0.727. The molecule has 3 rings (SSSR count). The Kier molecular flexibility index (Phi) is 5.49. The lowest BCUT2D eigenvalue weighted by molar-refractivity contribution is 0.102. The lowest BCUT2D eigenvalue weighted by Gasteiger charge is -2.10. The number of hydrogen-bond donors (Lipinski definition) is 1. The van der Waals surface area contributed by atoms with Crippen LogP contribution in [0.1, 0.15) is 21.7 Å². The molecule has 0 unspecified atom stereocenters. The summed E-state index contributed by atoms with van der Waals surface area (Å²) in [7, 11) is -1.01. The van der Waals surface area contributed by atoms with Gasteiger partial charge in [-0.25, -0.2) is 4.68 Å². The molecule has 1 N–H and O–H groups in total. The van der Waals surface area contributed by atoms with Gasteiger partial charge in [0, 0.05) is 22.7 Å². The molecule has 1 atom stereocenters. The number of aromatic nitrogens is 3. The Hall–Kier alpha value is -2.51. The number of carbonyl (C=O) groups is 1. The number of para-hydroxylation sites is 2. The van der Waals surface area contributed by atoms with Gasteiger partial charge in [0.15, 0.2) is 5.69 Å². The van der Waals surface area contributed by atoms with Crippen molar-refractivity contribution in [3.05, 3.63) is 70.5 Å². The Morgan fingerprint density at radius 1 is 1.19 bits per heavy atom. The molecule has 0 fully saturated rings. The topological polar surface area (TPSA) is 76.9 Å². The van der Waals surface area contributed by atoms with E-state index < -0.39 is 10.8 Å². The van der Waals surface area contributed by atoms with Crippen molar-refractivity contribution < 1.29 is 9.00 Å². The van der Waals surface area contributed by atoms with Gasteiger partial charge in [-0.1, -0.05) is 47.1 Å². The molecule has 1 aromatic heterocycles. The lowest BCUT2D eigenvalue weighted by Crippen LogP contribution is -2.15. The van der Waals surface area contributed by atoms with Gasteiger partial charge in [0.2, 0.25) is 0 Å². The summed E-state index contributed by atoms with van der Waals surface area (Å²) < 4.78 is 13.1. The van der Waals surface area contributed by atoms with Crippen LogP contribution in [0.5, 0.6) is 0 Å². The average Bonchev–Trinajstić information content (AvgIpc) is 2.98. The molecule has 2 aromatic carbocycles. The van der Waals surface area contributed by atoms with E-state index in [4.69, 9.17) is 11.6 Å². The van der Waals surface area contributed by atoms with Crippen LogP contribution in [0, 0.1) is 6.92 Å². The fourth-order valence-electron chi connectivity index (χ4n) is 2.56. The van der Waals surface area contributed by atoms with Gasteiger partial charge in [-0.3, -0.25) is 9.00 Å². The van der Waals surface area contributed by atoms with Crippen molar-refractivity contribution >= 4 is 34.0 Å². The second kappa shape index (κ2) is 7.80. The smallest absolute Gasteiger partial charge is 0.278 e. The number of rotatable bonds is 5. The highest BCUT2D eigenvalue weighted by Gasteiger charge is 2.19. The number of anilines is 1. The van der Waals surface area contributed by atoms with Gasteiger partial charge in [0.25, 0.3) is 5.91 Å². The van der Waals surface area contributed by atoms with Crippen molar-refractivity contribution in [1.29, 1.82) is 0 Å². The Morgan fingerprint density at radius 2 is 1.88 bits per heavy atom. The summed E-state index contributed by atoms with van der Waals surface area (Å²) in [6.45, 7) is 1.76. The SMILES string of the molecule is Cc1c(C(=O)Nc2ccccc2C[S@](C)=O)nnn1-c1ccccc1Cl. The van der Waals surface area contributed by atoms with Crippen LogP contribution in [0.25, 0.3) is 5.69 Å². The molecule has 8 heteroatoms. The molecule has 0 saturated heterocycles. The maximum atomic E-state index is 12.7. The molecule has 1 amide bonds. The number of nitrogens with one attached hydrogen (secondary N) is 1. The summed E-state index contributed by atoms with van der Waals surface area (Å²) in [6, 6.07) is 14.5. The van der Waals surface area contributed by atoms with E-state index in [1.165, 1.54) is 4.68 Å². The zero-order chi connectivity index (χ0) is 18.7. The van der Waals surface area contributed by atoms with Gasteiger partial charge in [-0.15, -0.1) is 5.10 Å². The van der Waals surface area contributed by atoms with Crippen LogP contribution in [-0.4, -0.2) is 31.4 Å². The van der Waals surface area contributed by atoms with E-state index in [-0.39, 0.29) is 11.6 Å². The molecule has 0 saturated carbocycles. The molecular weight excluding hydrogens is 372 g/mol. The van der Waals surface area contributed by atoms with Crippen LogP contribution in [0.2, 0.25) is 5.02 Å². The zero-order valence-corrected chi connectivity index (χ0v) is 15.8. The number of amides is 1. The minimum atomic E-state index is -1.01. The standard InChI is InChI=1S/C18H17ClN4O2S/c1-12-17(21-22-23(12)16-10-6-4-8-14(16)19)18(24)20-15-9-5-3-7-13(15)11-26(2)25/h3-10H,11H2,1-2H3,(H,20,24)/t26-/m0/s1. The number of carbonyl (C=O) groups excluding carboxylic acids is 1. The predicted molar refractivity (Wildman–Crippen MR) is 103 cm³/mol. The molecule has 0 radical (unpaired) electrons. The Balaban J connectivity index is 1.89. The molecule has 0 aliphatic carbocycles. The fourth-order valence-corrected chi connectivity index (χ4v) is 3.47. The highest BCUT2D eigenvalue weighted by molar-refractivity contribution is 7.83. The van der Waals surface area contributed by atoms with Gasteiger partial charge >= 0.3 is 0 Å². The molecule has 134 valence electrons. The highest BCUT2D eigenvalue weighted by Crippen LogP contribution is 2.22. The van der Waals surface area contributed by atoms with Crippen LogP contribution in [0.3, 0.4) is 0 Å². The van der Waals surface area contributed by atoms with E-state index >= 15 is 0 Å². The number of benzene rings is 2. The molecular formula is C18H17ClN4O2S. The second-order valence-corrected chi connectivity index (χ2v) is 7.56. The third-order valence-electron chi connectivity index (χ3n) is 3.81. The van der Waals surface area contributed by atoms with Crippen LogP contribution in [0.15, 0.2) is 48.5 Å². The van der Waals surface area contributed by atoms with Crippen molar-refractivity contribution in [1.82, 2.24) is 15.0 Å². The van der Waals surface area contributed by atoms with Gasteiger partial charge in [0.1, 0.15) is 0 Å². The molecule has 0 aliphatic rings. The first-order chi connectivity index (χ1) is 12.5. The average molecular weight is 389 g/mol. The summed E-state index contributed by atoms with van der Waals surface area (Å²) in [6.07, 6.45) is 1.62. The second-order valence-electron chi connectivity index (χ2n) is 5.72. The summed E-state index contributed by atoms with van der Waals surface area (Å²) in [4.78, 5) is 12.7. The fraction of sp³-hybridized carbons (Fsp3) is 0.167. The minimum absolute atomic E-state index is 0.206. The van der Waals surface area contributed by atoms with Crippen LogP contribution in [-0.2, 0) is 16.6 Å². The zero-order valence-electron chi connectivity index (χ0n) is 14.3. The maximum absolute atomic E-state index is 12.7. The van der Waals surface area contributed by atoms with E-state index in [0.717, 1.165) is 5.56 Å². The van der Waals surface area contributed by atoms with Crippen molar-refractivity contribution in [3.8, 4) is 5.69 Å². The van der Waals surface area contributed by atoms with E-state index in [1.54, 1.807) is 31.4 Å². The minimum Gasteiger partial charge on any atom is -0.320 e. The normalized spacial score (nSPS) is 12.0. The summed E-state index contributed by atoms with van der Waals surface area (Å²) in [5, 5.41) is 11.4. The lowest BCUT2D eigenvalue weighted by atomic mass is 10.2. The third kappa shape index (κ3) is 3.84. The molecule has 1 heterocycles. The molecule has 0 aliphatic heterocycles. The Morgan fingerprint density at radius 3 is 2.62 bits per heavy atom. The van der Waals surface area contributed by atoms with Crippen molar-refractivity contribution in [2.24, 2.45) is 0 Å².